The molecule has 2 aromatic heterocycles. The van der Waals surface area contributed by atoms with Crippen molar-refractivity contribution < 1.29 is 9.53 Å². The van der Waals surface area contributed by atoms with Crippen LogP contribution in [0.25, 0.3) is 0 Å². The lowest BCUT2D eigenvalue weighted by Gasteiger charge is -2.28. The molecule has 108 valence electrons. The number of carbonyl (C=O) groups is 1. The van der Waals surface area contributed by atoms with Crippen LogP contribution in [0.2, 0.25) is 0 Å². The van der Waals surface area contributed by atoms with E-state index in [2.05, 4.69) is 20.2 Å². The molecule has 3 rings (SSSR count). The Balaban J connectivity index is 1.74. The number of aromatic nitrogens is 2. The number of ether oxygens (including phenoxy) is 1. The summed E-state index contributed by atoms with van der Waals surface area (Å²) in [6, 6.07) is 9.06. The number of nitrogens with one attached hydrogen (secondary N) is 1. The average molecular weight is 284 g/mol. The van der Waals surface area contributed by atoms with E-state index in [1.807, 2.05) is 12.1 Å². The summed E-state index contributed by atoms with van der Waals surface area (Å²) in [5.74, 6) is 0.255. The predicted octanol–water partition coefficient (Wildman–Crippen LogP) is 1.57. The molecule has 0 saturated carbocycles. The lowest BCUT2D eigenvalue weighted by Crippen LogP contribution is -2.36. The van der Waals surface area contributed by atoms with Gasteiger partial charge in [-0.05, 0) is 24.3 Å². The molecule has 1 fully saturated rings. The van der Waals surface area contributed by atoms with Gasteiger partial charge in [0.1, 0.15) is 11.5 Å². The average Bonchev–Trinajstić information content (AvgIpc) is 2.57. The molecule has 1 aliphatic heterocycles. The summed E-state index contributed by atoms with van der Waals surface area (Å²) in [6.07, 6.45) is 3.28. The first kappa shape index (κ1) is 13.5. The van der Waals surface area contributed by atoms with E-state index < -0.39 is 0 Å². The van der Waals surface area contributed by atoms with Crippen LogP contribution in [-0.4, -0.2) is 42.2 Å². The Bertz CT molecular complexity index is 612. The normalized spacial score (nSPS) is 14.8. The van der Waals surface area contributed by atoms with Crippen LogP contribution in [0, 0.1) is 0 Å². The van der Waals surface area contributed by atoms with Gasteiger partial charge in [-0.2, -0.15) is 0 Å². The van der Waals surface area contributed by atoms with E-state index in [-0.39, 0.29) is 5.91 Å². The van der Waals surface area contributed by atoms with Crippen molar-refractivity contribution in [3.05, 3.63) is 48.4 Å². The molecule has 3 heterocycles. The highest BCUT2D eigenvalue weighted by Gasteiger charge is 2.14. The molecule has 0 unspecified atom stereocenters. The van der Waals surface area contributed by atoms with Gasteiger partial charge in [0.15, 0.2) is 0 Å². The molecule has 1 saturated heterocycles. The van der Waals surface area contributed by atoms with Gasteiger partial charge in [-0.15, -0.1) is 0 Å². The van der Waals surface area contributed by atoms with Crippen molar-refractivity contribution in [1.82, 2.24) is 9.97 Å². The minimum Gasteiger partial charge on any atom is -0.378 e. The van der Waals surface area contributed by atoms with E-state index in [0.29, 0.717) is 24.7 Å². The van der Waals surface area contributed by atoms with Crippen LogP contribution in [0.4, 0.5) is 11.5 Å². The van der Waals surface area contributed by atoms with Gasteiger partial charge in [0.2, 0.25) is 0 Å². The van der Waals surface area contributed by atoms with Gasteiger partial charge in [0, 0.05) is 31.2 Å². The second-order valence-electron chi connectivity index (χ2n) is 4.67. The number of pyridine rings is 2. The fraction of sp³-hybridized carbons (Fsp3) is 0.267. The Labute approximate surface area is 122 Å². The third-order valence-corrected chi connectivity index (χ3v) is 3.26. The van der Waals surface area contributed by atoms with Gasteiger partial charge in [0.25, 0.3) is 5.91 Å². The van der Waals surface area contributed by atoms with Gasteiger partial charge in [-0.25, -0.2) is 4.98 Å². The molecule has 21 heavy (non-hydrogen) atoms. The third kappa shape index (κ3) is 3.35. The van der Waals surface area contributed by atoms with E-state index in [0.717, 1.165) is 18.8 Å². The number of morpholine rings is 1. The fourth-order valence-corrected chi connectivity index (χ4v) is 2.18. The molecular formula is C15H16N4O2. The largest absolute Gasteiger partial charge is 0.378 e. The Morgan fingerprint density at radius 2 is 2.00 bits per heavy atom. The third-order valence-electron chi connectivity index (χ3n) is 3.26. The zero-order chi connectivity index (χ0) is 14.5. The molecule has 1 N–H and O–H groups in total. The summed E-state index contributed by atoms with van der Waals surface area (Å²) < 4.78 is 5.33. The van der Waals surface area contributed by atoms with E-state index in [1.165, 1.54) is 0 Å². The molecule has 1 aliphatic rings. The standard InChI is InChI=1S/C15H16N4O2/c20-15(18-14-3-1-2-5-17-14)13-11-12(4-6-16-13)19-7-9-21-10-8-19/h1-6,11H,7-10H2,(H,17,18,20). The molecule has 0 aromatic carbocycles. The second-order valence-corrected chi connectivity index (χ2v) is 4.67. The smallest absolute Gasteiger partial charge is 0.275 e. The molecule has 0 atom stereocenters. The number of nitrogens with zero attached hydrogens (tertiary/aromatic N) is 3. The predicted molar refractivity (Wildman–Crippen MR) is 79.5 cm³/mol. The second kappa shape index (κ2) is 6.32. The summed E-state index contributed by atoms with van der Waals surface area (Å²) in [7, 11) is 0. The minimum atomic E-state index is -0.260. The van der Waals surface area contributed by atoms with Crippen molar-refractivity contribution in [3.63, 3.8) is 0 Å². The minimum absolute atomic E-state index is 0.260. The summed E-state index contributed by atoms with van der Waals surface area (Å²) in [5.41, 5.74) is 1.36. The molecule has 0 radical (unpaired) electrons. The zero-order valence-corrected chi connectivity index (χ0v) is 11.5. The lowest BCUT2D eigenvalue weighted by molar-refractivity contribution is 0.102. The van der Waals surface area contributed by atoms with Crippen LogP contribution in [0.1, 0.15) is 10.5 Å². The molecule has 0 spiro atoms. The van der Waals surface area contributed by atoms with Gasteiger partial charge >= 0.3 is 0 Å². The highest BCUT2D eigenvalue weighted by atomic mass is 16.5. The van der Waals surface area contributed by atoms with Crippen molar-refractivity contribution in [2.24, 2.45) is 0 Å². The van der Waals surface area contributed by atoms with E-state index >= 15 is 0 Å². The van der Waals surface area contributed by atoms with Crippen molar-refractivity contribution in [3.8, 4) is 0 Å². The molecule has 1 amide bonds. The van der Waals surface area contributed by atoms with Crippen molar-refractivity contribution >= 4 is 17.4 Å². The van der Waals surface area contributed by atoms with Crippen LogP contribution in [0.5, 0.6) is 0 Å². The highest BCUT2D eigenvalue weighted by molar-refractivity contribution is 6.02. The molecular weight excluding hydrogens is 268 g/mol. The van der Waals surface area contributed by atoms with E-state index in [1.54, 1.807) is 30.6 Å². The van der Waals surface area contributed by atoms with Crippen molar-refractivity contribution in [1.29, 1.82) is 0 Å². The monoisotopic (exact) mass is 284 g/mol. The first-order valence-electron chi connectivity index (χ1n) is 6.84. The van der Waals surface area contributed by atoms with Crippen molar-refractivity contribution in [2.75, 3.05) is 36.5 Å². The number of anilines is 2. The lowest BCUT2D eigenvalue weighted by atomic mass is 10.2. The summed E-state index contributed by atoms with van der Waals surface area (Å²) in [6.45, 7) is 3.06. The van der Waals surface area contributed by atoms with E-state index in [4.69, 9.17) is 4.74 Å². The first-order chi connectivity index (χ1) is 10.3. The molecule has 6 heteroatoms. The van der Waals surface area contributed by atoms with Crippen LogP contribution >= 0.6 is 0 Å². The summed E-state index contributed by atoms with van der Waals surface area (Å²) in [4.78, 5) is 22.6. The maximum absolute atomic E-state index is 12.2. The number of carbonyl (C=O) groups excluding carboxylic acids is 1. The number of hydrogen-bond acceptors (Lipinski definition) is 5. The molecule has 6 nitrogen and oxygen atoms in total. The van der Waals surface area contributed by atoms with Crippen LogP contribution in [0.3, 0.4) is 0 Å². The fourth-order valence-electron chi connectivity index (χ4n) is 2.18. The van der Waals surface area contributed by atoms with Crippen LogP contribution in [-0.2, 0) is 4.74 Å². The van der Waals surface area contributed by atoms with Crippen LogP contribution < -0.4 is 10.2 Å². The number of hydrogen-bond donors (Lipinski definition) is 1. The van der Waals surface area contributed by atoms with Gasteiger partial charge < -0.3 is 15.0 Å². The van der Waals surface area contributed by atoms with Crippen LogP contribution in [0.15, 0.2) is 42.7 Å². The van der Waals surface area contributed by atoms with Gasteiger partial charge in [-0.3, -0.25) is 9.78 Å². The Hall–Kier alpha value is -2.47. The van der Waals surface area contributed by atoms with Gasteiger partial charge in [-0.1, -0.05) is 6.07 Å². The van der Waals surface area contributed by atoms with E-state index in [9.17, 15) is 4.79 Å². The number of amides is 1. The summed E-state index contributed by atoms with van der Waals surface area (Å²) >= 11 is 0. The Morgan fingerprint density at radius 1 is 1.14 bits per heavy atom. The SMILES string of the molecule is O=C(Nc1ccccn1)c1cc(N2CCOCC2)ccn1. The maximum atomic E-state index is 12.2. The van der Waals surface area contributed by atoms with Gasteiger partial charge in [0.05, 0.1) is 13.2 Å². The number of rotatable bonds is 3. The summed E-state index contributed by atoms with van der Waals surface area (Å²) in [5, 5.41) is 2.73. The maximum Gasteiger partial charge on any atom is 0.275 e. The molecule has 0 bridgehead atoms. The topological polar surface area (TPSA) is 67.4 Å². The quantitative estimate of drug-likeness (QED) is 0.926. The molecule has 2 aromatic rings. The highest BCUT2D eigenvalue weighted by Crippen LogP contribution is 2.16. The Morgan fingerprint density at radius 3 is 2.76 bits per heavy atom. The Kier molecular flexibility index (Phi) is 4.07. The zero-order valence-electron chi connectivity index (χ0n) is 11.5. The van der Waals surface area contributed by atoms with Crippen molar-refractivity contribution in [2.45, 2.75) is 0 Å². The molecule has 0 aliphatic carbocycles. The first-order valence-corrected chi connectivity index (χ1v) is 6.84.